The Hall–Kier alpha value is -3.61. The molecule has 0 aliphatic carbocycles. The summed E-state index contributed by atoms with van der Waals surface area (Å²) in [5.41, 5.74) is -1.36. The predicted octanol–water partition coefficient (Wildman–Crippen LogP) is 2.43. The number of aromatic carboxylic acids is 1. The van der Waals surface area contributed by atoms with Crippen LogP contribution in [0.5, 0.6) is 17.2 Å². The third-order valence-electron chi connectivity index (χ3n) is 3.16. The summed E-state index contributed by atoms with van der Waals surface area (Å²) in [5.74, 6) is -1.08. The van der Waals surface area contributed by atoms with Crippen LogP contribution in [-0.4, -0.2) is 26.0 Å². The molecule has 0 fully saturated rings. The molecule has 2 aromatic carbocycles. The monoisotopic (exact) mass is 324 g/mol. The second kappa shape index (κ2) is 6.25. The van der Waals surface area contributed by atoms with E-state index in [1.165, 1.54) is 0 Å². The van der Waals surface area contributed by atoms with Gasteiger partial charge < -0.3 is 14.9 Å². The van der Waals surface area contributed by atoms with Crippen LogP contribution in [0.4, 0.5) is 0 Å². The van der Waals surface area contributed by atoms with Gasteiger partial charge in [0.15, 0.2) is 5.75 Å². The van der Waals surface area contributed by atoms with Gasteiger partial charge in [0.25, 0.3) is 5.43 Å². The van der Waals surface area contributed by atoms with Crippen LogP contribution in [0.25, 0.3) is 5.69 Å². The minimum absolute atomic E-state index is 0.432. The average Bonchev–Trinajstić information content (AvgIpc) is 2.58. The highest BCUT2D eigenvalue weighted by Gasteiger charge is 2.16. The first-order valence-corrected chi connectivity index (χ1v) is 6.94. The molecule has 0 amide bonds. The standard InChI is InChI=1S/C17H12N2O5/c20-14-10-19(18-15(16(14)21)17(22)23)11-5-4-8-13(9-11)24-12-6-2-1-3-7-12/h1-10,20H,(H,22,23). The van der Waals surface area contributed by atoms with E-state index in [0.29, 0.717) is 17.2 Å². The van der Waals surface area contributed by atoms with Crippen LogP contribution in [0.3, 0.4) is 0 Å². The fourth-order valence-electron chi connectivity index (χ4n) is 2.06. The van der Waals surface area contributed by atoms with E-state index in [0.717, 1.165) is 10.9 Å². The maximum absolute atomic E-state index is 11.6. The highest BCUT2D eigenvalue weighted by Crippen LogP contribution is 2.23. The molecule has 2 N–H and O–H groups in total. The number of nitrogens with zero attached hydrogens (tertiary/aromatic N) is 2. The molecule has 0 saturated heterocycles. The Labute approximate surface area is 136 Å². The number of hydrogen-bond acceptors (Lipinski definition) is 5. The number of carboxylic acids is 1. The van der Waals surface area contributed by atoms with Crippen LogP contribution < -0.4 is 10.2 Å². The van der Waals surface area contributed by atoms with Crippen molar-refractivity contribution in [3.63, 3.8) is 0 Å². The zero-order valence-corrected chi connectivity index (χ0v) is 12.3. The Bertz CT molecular complexity index is 951. The van der Waals surface area contributed by atoms with Crippen LogP contribution in [0, 0.1) is 0 Å². The van der Waals surface area contributed by atoms with Gasteiger partial charge in [0.05, 0.1) is 11.9 Å². The van der Waals surface area contributed by atoms with Gasteiger partial charge in [-0.05, 0) is 24.3 Å². The number of para-hydroxylation sites is 1. The lowest BCUT2D eigenvalue weighted by Gasteiger charge is -2.10. The molecule has 120 valence electrons. The van der Waals surface area contributed by atoms with Gasteiger partial charge in [-0.3, -0.25) is 4.79 Å². The molecule has 0 unspecified atom stereocenters. The molecular formula is C17H12N2O5. The van der Waals surface area contributed by atoms with E-state index in [-0.39, 0.29) is 0 Å². The molecule has 7 heteroatoms. The zero-order valence-electron chi connectivity index (χ0n) is 12.3. The molecule has 3 aromatic rings. The van der Waals surface area contributed by atoms with E-state index in [4.69, 9.17) is 9.84 Å². The van der Waals surface area contributed by atoms with Crippen LogP contribution in [0.1, 0.15) is 10.5 Å². The van der Waals surface area contributed by atoms with Crippen LogP contribution >= 0.6 is 0 Å². The van der Waals surface area contributed by atoms with Crippen molar-refractivity contribution in [2.75, 3.05) is 0 Å². The summed E-state index contributed by atoms with van der Waals surface area (Å²) in [6, 6.07) is 15.8. The summed E-state index contributed by atoms with van der Waals surface area (Å²) >= 11 is 0. The molecule has 0 radical (unpaired) electrons. The SMILES string of the molecule is O=C(O)c1nn(-c2cccc(Oc3ccccc3)c2)cc(O)c1=O. The molecule has 0 spiro atoms. The maximum Gasteiger partial charge on any atom is 0.360 e. The number of benzene rings is 2. The van der Waals surface area contributed by atoms with Gasteiger partial charge in [0, 0.05) is 6.07 Å². The highest BCUT2D eigenvalue weighted by molar-refractivity contribution is 5.85. The molecule has 7 nitrogen and oxygen atoms in total. The van der Waals surface area contributed by atoms with Crippen LogP contribution in [0.15, 0.2) is 65.6 Å². The second-order valence-corrected chi connectivity index (χ2v) is 4.85. The number of aromatic hydroxyl groups is 1. The number of carbonyl (C=O) groups is 1. The minimum Gasteiger partial charge on any atom is -0.503 e. The predicted molar refractivity (Wildman–Crippen MR) is 85.0 cm³/mol. The fourth-order valence-corrected chi connectivity index (χ4v) is 2.06. The quantitative estimate of drug-likeness (QED) is 0.764. The van der Waals surface area contributed by atoms with Gasteiger partial charge in [-0.15, -0.1) is 0 Å². The van der Waals surface area contributed by atoms with Gasteiger partial charge in [-0.1, -0.05) is 24.3 Å². The summed E-state index contributed by atoms with van der Waals surface area (Å²) < 4.78 is 6.80. The van der Waals surface area contributed by atoms with Crippen molar-refractivity contribution in [3.05, 3.63) is 76.7 Å². The molecule has 1 heterocycles. The maximum atomic E-state index is 11.6. The van der Waals surface area contributed by atoms with Crippen molar-refractivity contribution in [3.8, 4) is 22.9 Å². The van der Waals surface area contributed by atoms with E-state index < -0.39 is 22.8 Å². The van der Waals surface area contributed by atoms with Crippen molar-refractivity contribution in [2.24, 2.45) is 0 Å². The lowest BCUT2D eigenvalue weighted by atomic mass is 10.3. The summed E-state index contributed by atoms with van der Waals surface area (Å²) in [5, 5.41) is 22.4. The molecule has 0 aliphatic heterocycles. The third-order valence-corrected chi connectivity index (χ3v) is 3.16. The van der Waals surface area contributed by atoms with Crippen molar-refractivity contribution in [1.82, 2.24) is 9.78 Å². The largest absolute Gasteiger partial charge is 0.503 e. The fraction of sp³-hybridized carbons (Fsp3) is 0. The summed E-state index contributed by atoms with van der Waals surface area (Å²) in [7, 11) is 0. The first-order chi connectivity index (χ1) is 11.5. The highest BCUT2D eigenvalue weighted by atomic mass is 16.5. The van der Waals surface area contributed by atoms with Gasteiger partial charge in [-0.25, -0.2) is 9.48 Å². The molecule has 24 heavy (non-hydrogen) atoms. The van der Waals surface area contributed by atoms with Crippen LogP contribution in [0.2, 0.25) is 0 Å². The molecule has 0 saturated carbocycles. The molecule has 0 bridgehead atoms. The van der Waals surface area contributed by atoms with E-state index in [1.807, 2.05) is 18.2 Å². The second-order valence-electron chi connectivity index (χ2n) is 4.85. The first-order valence-electron chi connectivity index (χ1n) is 6.94. The zero-order chi connectivity index (χ0) is 17.1. The summed E-state index contributed by atoms with van der Waals surface area (Å²) in [4.78, 5) is 22.6. The van der Waals surface area contributed by atoms with E-state index in [1.54, 1.807) is 36.4 Å². The van der Waals surface area contributed by atoms with Crippen molar-refractivity contribution >= 4 is 5.97 Å². The Morgan fingerprint density at radius 3 is 2.46 bits per heavy atom. The van der Waals surface area contributed by atoms with Crippen molar-refractivity contribution in [1.29, 1.82) is 0 Å². The lowest BCUT2D eigenvalue weighted by Crippen LogP contribution is -2.20. The van der Waals surface area contributed by atoms with Gasteiger partial charge in [0.2, 0.25) is 5.69 Å². The van der Waals surface area contributed by atoms with Crippen LogP contribution in [-0.2, 0) is 0 Å². The smallest absolute Gasteiger partial charge is 0.360 e. The number of hydrogen-bond donors (Lipinski definition) is 2. The number of rotatable bonds is 4. The van der Waals surface area contributed by atoms with E-state index >= 15 is 0 Å². The topological polar surface area (TPSA) is 102 Å². The average molecular weight is 324 g/mol. The molecule has 0 atom stereocenters. The Morgan fingerprint density at radius 1 is 1.04 bits per heavy atom. The van der Waals surface area contributed by atoms with Gasteiger partial charge >= 0.3 is 5.97 Å². The summed E-state index contributed by atoms with van der Waals surface area (Å²) in [6.07, 6.45) is 1.05. The molecule has 3 rings (SSSR count). The molecular weight excluding hydrogens is 312 g/mol. The first kappa shape index (κ1) is 15.3. The number of aromatic nitrogens is 2. The third kappa shape index (κ3) is 3.09. The Kier molecular flexibility index (Phi) is 3.98. The van der Waals surface area contributed by atoms with Crippen molar-refractivity contribution in [2.45, 2.75) is 0 Å². The summed E-state index contributed by atoms with van der Waals surface area (Å²) in [6.45, 7) is 0. The number of carboxylic acid groups (broad SMARTS) is 1. The molecule has 1 aromatic heterocycles. The van der Waals surface area contributed by atoms with E-state index in [9.17, 15) is 14.7 Å². The normalized spacial score (nSPS) is 10.3. The lowest BCUT2D eigenvalue weighted by molar-refractivity contribution is 0.0686. The van der Waals surface area contributed by atoms with Crippen molar-refractivity contribution < 1.29 is 19.7 Å². The van der Waals surface area contributed by atoms with Gasteiger partial charge in [0.1, 0.15) is 11.5 Å². The minimum atomic E-state index is -1.51. The molecule has 0 aliphatic rings. The van der Waals surface area contributed by atoms with Gasteiger partial charge in [-0.2, -0.15) is 5.10 Å². The Morgan fingerprint density at radius 2 is 1.75 bits per heavy atom. The number of ether oxygens (including phenoxy) is 1. The Balaban J connectivity index is 2.00. The van der Waals surface area contributed by atoms with E-state index in [2.05, 4.69) is 5.10 Å².